The maximum absolute atomic E-state index is 12.2. The first-order chi connectivity index (χ1) is 13.2. The van der Waals surface area contributed by atoms with Crippen LogP contribution in [0, 0.1) is 10.1 Å². The van der Waals surface area contributed by atoms with Gasteiger partial charge in [-0.3, -0.25) is 10.1 Å². The molecule has 1 aromatic carbocycles. The van der Waals surface area contributed by atoms with E-state index in [0.29, 0.717) is 31.2 Å². The van der Waals surface area contributed by atoms with Crippen LogP contribution in [0.1, 0.15) is 58.4 Å². The van der Waals surface area contributed by atoms with Gasteiger partial charge < -0.3 is 15.0 Å². The fourth-order valence-electron chi connectivity index (χ4n) is 3.72. The van der Waals surface area contributed by atoms with Crippen molar-refractivity contribution < 1.29 is 14.5 Å². The van der Waals surface area contributed by atoms with Gasteiger partial charge in [0.05, 0.1) is 4.92 Å². The molecule has 1 amide bonds. The van der Waals surface area contributed by atoms with E-state index in [9.17, 15) is 14.9 Å². The number of hydrogen-bond acceptors (Lipinski definition) is 5. The van der Waals surface area contributed by atoms with Gasteiger partial charge in [0.2, 0.25) is 0 Å². The van der Waals surface area contributed by atoms with E-state index in [0.717, 1.165) is 36.8 Å². The summed E-state index contributed by atoms with van der Waals surface area (Å²) in [6, 6.07) is 5.56. The molecular formula is C21H29N3O4. The van der Waals surface area contributed by atoms with Gasteiger partial charge in [-0.2, -0.15) is 0 Å². The van der Waals surface area contributed by atoms with Crippen molar-refractivity contribution in [3.63, 3.8) is 0 Å². The third-order valence-corrected chi connectivity index (χ3v) is 5.14. The SMILES string of the molecule is CC(C)(C)OC(=O)N1CC=C(c2ccc([N+](=O)[O-])c(NC3CCCC3)c2)CC1. The van der Waals surface area contributed by atoms with Crippen LogP contribution in [0.15, 0.2) is 24.3 Å². The average molecular weight is 387 g/mol. The molecule has 0 aromatic heterocycles. The zero-order valence-corrected chi connectivity index (χ0v) is 16.9. The van der Waals surface area contributed by atoms with Gasteiger partial charge in [0.1, 0.15) is 11.3 Å². The van der Waals surface area contributed by atoms with Crippen LogP contribution in [0.4, 0.5) is 16.2 Å². The van der Waals surface area contributed by atoms with E-state index >= 15 is 0 Å². The van der Waals surface area contributed by atoms with Gasteiger partial charge in [0, 0.05) is 25.2 Å². The minimum Gasteiger partial charge on any atom is -0.444 e. The van der Waals surface area contributed by atoms with Crippen LogP contribution >= 0.6 is 0 Å². The summed E-state index contributed by atoms with van der Waals surface area (Å²) in [6.07, 6.45) is 6.82. The Labute approximate surface area is 165 Å². The van der Waals surface area contributed by atoms with Gasteiger partial charge in [0.25, 0.3) is 5.69 Å². The van der Waals surface area contributed by atoms with E-state index < -0.39 is 5.60 Å². The maximum Gasteiger partial charge on any atom is 0.410 e. The van der Waals surface area contributed by atoms with Crippen molar-refractivity contribution in [2.45, 2.75) is 64.5 Å². The summed E-state index contributed by atoms with van der Waals surface area (Å²) in [7, 11) is 0. The highest BCUT2D eigenvalue weighted by Gasteiger charge is 2.25. The van der Waals surface area contributed by atoms with Crippen molar-refractivity contribution in [3.8, 4) is 0 Å². The highest BCUT2D eigenvalue weighted by Crippen LogP contribution is 2.33. The van der Waals surface area contributed by atoms with Crippen LogP contribution in [0.25, 0.3) is 5.57 Å². The Morgan fingerprint density at radius 3 is 2.57 bits per heavy atom. The third kappa shape index (κ3) is 5.03. The van der Waals surface area contributed by atoms with Gasteiger partial charge in [-0.1, -0.05) is 18.9 Å². The Balaban J connectivity index is 1.74. The van der Waals surface area contributed by atoms with Gasteiger partial charge in [-0.15, -0.1) is 0 Å². The summed E-state index contributed by atoms with van der Waals surface area (Å²) < 4.78 is 5.43. The minimum atomic E-state index is -0.514. The maximum atomic E-state index is 12.2. The summed E-state index contributed by atoms with van der Waals surface area (Å²) >= 11 is 0. The second-order valence-corrected chi connectivity index (χ2v) is 8.52. The second kappa shape index (κ2) is 8.20. The Bertz CT molecular complexity index is 776. The highest BCUT2D eigenvalue weighted by molar-refractivity contribution is 5.76. The predicted octanol–water partition coefficient (Wildman–Crippen LogP) is 4.97. The predicted molar refractivity (Wildman–Crippen MR) is 109 cm³/mol. The number of carbonyl (C=O) groups is 1. The summed E-state index contributed by atoms with van der Waals surface area (Å²) in [6.45, 7) is 6.61. The van der Waals surface area contributed by atoms with Crippen molar-refractivity contribution >= 4 is 23.0 Å². The molecule has 0 atom stereocenters. The number of nitro benzene ring substituents is 1. The molecule has 1 aromatic rings. The normalized spacial score (nSPS) is 18.0. The van der Waals surface area contributed by atoms with E-state index in [1.807, 2.05) is 32.9 Å². The van der Waals surface area contributed by atoms with Crippen LogP contribution in [0.2, 0.25) is 0 Å². The lowest BCUT2D eigenvalue weighted by molar-refractivity contribution is -0.384. The fraction of sp³-hybridized carbons (Fsp3) is 0.571. The fourth-order valence-corrected chi connectivity index (χ4v) is 3.72. The number of nitrogens with zero attached hydrogens (tertiary/aromatic N) is 2. The van der Waals surface area contributed by atoms with E-state index in [2.05, 4.69) is 5.32 Å². The molecule has 1 saturated carbocycles. The van der Waals surface area contributed by atoms with Crippen molar-refractivity contribution in [1.82, 2.24) is 4.90 Å². The molecule has 0 unspecified atom stereocenters. The molecule has 1 fully saturated rings. The Hall–Kier alpha value is -2.57. The summed E-state index contributed by atoms with van der Waals surface area (Å²) in [5.74, 6) is 0. The molecule has 152 valence electrons. The first-order valence-electron chi connectivity index (χ1n) is 9.95. The van der Waals surface area contributed by atoms with E-state index in [4.69, 9.17) is 4.74 Å². The third-order valence-electron chi connectivity index (χ3n) is 5.14. The lowest BCUT2D eigenvalue weighted by atomic mass is 9.98. The van der Waals surface area contributed by atoms with Crippen LogP contribution < -0.4 is 5.32 Å². The Morgan fingerprint density at radius 1 is 1.29 bits per heavy atom. The molecular weight excluding hydrogens is 358 g/mol. The van der Waals surface area contributed by atoms with Crippen LogP contribution in [0.5, 0.6) is 0 Å². The molecule has 0 radical (unpaired) electrons. The zero-order valence-electron chi connectivity index (χ0n) is 16.9. The van der Waals surface area contributed by atoms with E-state index in [1.54, 1.807) is 17.0 Å². The van der Waals surface area contributed by atoms with Crippen molar-refractivity contribution in [3.05, 3.63) is 40.0 Å². The van der Waals surface area contributed by atoms with E-state index in [1.165, 1.54) is 0 Å². The van der Waals surface area contributed by atoms with Crippen LogP contribution in [-0.2, 0) is 4.74 Å². The Kier molecular flexibility index (Phi) is 5.91. The largest absolute Gasteiger partial charge is 0.444 e. The summed E-state index contributed by atoms with van der Waals surface area (Å²) in [5, 5.41) is 14.8. The molecule has 7 heteroatoms. The smallest absolute Gasteiger partial charge is 0.410 e. The zero-order chi connectivity index (χ0) is 20.3. The molecule has 28 heavy (non-hydrogen) atoms. The monoisotopic (exact) mass is 387 g/mol. The molecule has 1 heterocycles. The van der Waals surface area contributed by atoms with Crippen LogP contribution in [-0.4, -0.2) is 40.6 Å². The molecule has 3 rings (SSSR count). The number of nitrogens with one attached hydrogen (secondary N) is 1. The molecule has 0 bridgehead atoms. The van der Waals surface area contributed by atoms with Crippen molar-refractivity contribution in [1.29, 1.82) is 0 Å². The van der Waals surface area contributed by atoms with E-state index in [-0.39, 0.29) is 16.7 Å². The van der Waals surface area contributed by atoms with Crippen molar-refractivity contribution in [2.24, 2.45) is 0 Å². The number of nitro groups is 1. The number of anilines is 1. The number of ether oxygens (including phenoxy) is 1. The topological polar surface area (TPSA) is 84.7 Å². The van der Waals surface area contributed by atoms with Gasteiger partial charge in [-0.05, 0) is 63.3 Å². The lowest BCUT2D eigenvalue weighted by Gasteiger charge is -2.29. The first-order valence-corrected chi connectivity index (χ1v) is 9.95. The van der Waals surface area contributed by atoms with Crippen molar-refractivity contribution in [2.75, 3.05) is 18.4 Å². The second-order valence-electron chi connectivity index (χ2n) is 8.52. The Morgan fingerprint density at radius 2 is 2.00 bits per heavy atom. The highest BCUT2D eigenvalue weighted by atomic mass is 16.6. The number of carbonyl (C=O) groups excluding carboxylic acids is 1. The molecule has 0 spiro atoms. The quantitative estimate of drug-likeness (QED) is 0.582. The van der Waals surface area contributed by atoms with Gasteiger partial charge in [0.15, 0.2) is 0 Å². The molecule has 0 saturated heterocycles. The molecule has 1 N–H and O–H groups in total. The number of hydrogen-bond donors (Lipinski definition) is 1. The number of amides is 1. The first kappa shape index (κ1) is 20.2. The standard InChI is InChI=1S/C21H29N3O4/c1-21(2,3)28-20(25)23-12-10-15(11-13-23)16-8-9-19(24(26)27)18(14-16)22-17-6-4-5-7-17/h8-10,14,17,22H,4-7,11-13H2,1-3H3. The number of rotatable bonds is 4. The summed E-state index contributed by atoms with van der Waals surface area (Å²) in [5.41, 5.74) is 2.26. The molecule has 1 aliphatic carbocycles. The lowest BCUT2D eigenvalue weighted by Crippen LogP contribution is -2.39. The number of benzene rings is 1. The average Bonchev–Trinajstić information content (AvgIpc) is 3.13. The molecule has 1 aliphatic heterocycles. The van der Waals surface area contributed by atoms with Gasteiger partial charge >= 0.3 is 6.09 Å². The molecule has 7 nitrogen and oxygen atoms in total. The molecule has 2 aliphatic rings. The summed E-state index contributed by atoms with van der Waals surface area (Å²) in [4.78, 5) is 25.0. The van der Waals surface area contributed by atoms with Gasteiger partial charge in [-0.25, -0.2) is 4.79 Å². The van der Waals surface area contributed by atoms with Crippen LogP contribution in [0.3, 0.4) is 0 Å². The minimum absolute atomic E-state index is 0.113.